The van der Waals surface area contributed by atoms with Crippen molar-refractivity contribution in [3.63, 3.8) is 0 Å². The van der Waals surface area contributed by atoms with Crippen LogP contribution in [0.4, 0.5) is 0 Å². The highest BCUT2D eigenvalue weighted by atomic mass is 35.7. The van der Waals surface area contributed by atoms with Crippen molar-refractivity contribution in [1.82, 2.24) is 4.90 Å². The number of unbranched alkanes of at least 4 members (excludes halogenated alkanes) is 16. The Hall–Kier alpha value is 0.0900. The van der Waals surface area contributed by atoms with E-state index in [0.29, 0.717) is 0 Å². The highest BCUT2D eigenvalue weighted by Gasteiger charge is 1.99. The van der Waals surface area contributed by atoms with Gasteiger partial charge in [-0.3, -0.25) is 0 Å². The molecule has 0 aliphatic heterocycles. The van der Waals surface area contributed by atoms with E-state index in [2.05, 4.69) is 25.9 Å². The van der Waals surface area contributed by atoms with Crippen LogP contribution in [0.2, 0.25) is 0 Å². The second-order valence-electron chi connectivity index (χ2n) is 7.86. The number of hydrogen-bond acceptors (Lipinski definition) is 5. The summed E-state index contributed by atoms with van der Waals surface area (Å²) < 4.78 is 32.7. The van der Waals surface area contributed by atoms with E-state index in [1.54, 1.807) is 0 Å². The fourth-order valence-electron chi connectivity index (χ4n) is 3.15. The van der Waals surface area contributed by atoms with Crippen LogP contribution >= 0.6 is 0 Å². The van der Waals surface area contributed by atoms with Gasteiger partial charge in [0.1, 0.15) is 0 Å². The fourth-order valence-corrected chi connectivity index (χ4v) is 3.15. The fraction of sp³-hybridized carbons (Fsp3) is 1.00. The van der Waals surface area contributed by atoms with Crippen LogP contribution in [-0.2, 0) is 0 Å². The number of nitrogens with zero attached hydrogens (tertiary/aromatic N) is 1. The molecule has 0 fully saturated rings. The van der Waals surface area contributed by atoms with Crippen molar-refractivity contribution in [3.8, 4) is 0 Å². The van der Waals surface area contributed by atoms with Crippen molar-refractivity contribution in [3.05, 3.63) is 0 Å². The summed E-state index contributed by atoms with van der Waals surface area (Å²) in [6.07, 6.45) is 24.8. The summed E-state index contributed by atoms with van der Waals surface area (Å²) >= 11 is 0. The monoisotopic (exact) mass is 411 g/mol. The molecular formula is C21H46ClNO4. The Morgan fingerprint density at radius 2 is 0.778 bits per heavy atom. The quantitative estimate of drug-likeness (QED) is 0.350. The van der Waals surface area contributed by atoms with E-state index in [9.17, 15) is 0 Å². The molecule has 0 aromatic rings. The molecule has 0 radical (unpaired) electrons. The Bertz CT molecular complexity index is 267. The van der Waals surface area contributed by atoms with Crippen LogP contribution in [0.15, 0.2) is 0 Å². The molecule has 0 saturated carbocycles. The van der Waals surface area contributed by atoms with E-state index in [0.717, 1.165) is 0 Å². The molecule has 1 N–H and O–H groups in total. The van der Waals surface area contributed by atoms with Crippen molar-refractivity contribution >= 4 is 0 Å². The van der Waals surface area contributed by atoms with Crippen LogP contribution in [0.3, 0.4) is 0 Å². The Kier molecular flexibility index (Phi) is 24.3. The molecule has 0 aromatic heterocycles. The second kappa shape index (κ2) is 22.4. The molecule has 0 aliphatic carbocycles. The minimum atomic E-state index is -4.69. The smallest absolute Gasteiger partial charge is 0.0777 e. The van der Waals surface area contributed by atoms with E-state index in [4.69, 9.17) is 18.6 Å². The van der Waals surface area contributed by atoms with Crippen LogP contribution in [-0.4, -0.2) is 30.2 Å². The Balaban J connectivity index is 0. The summed E-state index contributed by atoms with van der Waals surface area (Å²) in [6.45, 7) is 3.56. The van der Waals surface area contributed by atoms with Gasteiger partial charge in [0.15, 0.2) is 0 Å². The average molecular weight is 412 g/mol. The van der Waals surface area contributed by atoms with Gasteiger partial charge < -0.3 is 4.90 Å². The van der Waals surface area contributed by atoms with Gasteiger partial charge in [0, 0.05) is 0 Å². The van der Waals surface area contributed by atoms with Gasteiger partial charge in [-0.1, -0.05) is 110 Å². The molecule has 0 bridgehead atoms. The summed E-state index contributed by atoms with van der Waals surface area (Å²) in [5, 5.41) is 0. The number of halogens is 1. The maximum absolute atomic E-state index is 8.60. The first kappa shape index (κ1) is 29.3. The van der Waals surface area contributed by atoms with Gasteiger partial charge in [0.05, 0.1) is 14.9 Å². The lowest BCUT2D eigenvalue weighted by molar-refractivity contribution is -1.92. The highest BCUT2D eigenvalue weighted by Crippen LogP contribution is 2.13. The molecule has 0 amide bonds. The van der Waals surface area contributed by atoms with Gasteiger partial charge in [-0.25, -0.2) is 0 Å². The van der Waals surface area contributed by atoms with Crippen LogP contribution in [0, 0.1) is 10.2 Å². The lowest BCUT2D eigenvalue weighted by atomic mass is 10.0. The third-order valence-corrected chi connectivity index (χ3v) is 4.71. The first-order valence-electron chi connectivity index (χ1n) is 11.0. The summed E-state index contributed by atoms with van der Waals surface area (Å²) in [6, 6.07) is 0. The number of rotatable bonds is 18. The molecular weight excluding hydrogens is 366 g/mol. The van der Waals surface area contributed by atoms with E-state index in [1.807, 2.05) is 0 Å². The zero-order valence-electron chi connectivity index (χ0n) is 18.2. The predicted molar refractivity (Wildman–Crippen MR) is 105 cm³/mol. The molecule has 6 heteroatoms. The van der Waals surface area contributed by atoms with Crippen LogP contribution in [0.1, 0.15) is 116 Å². The van der Waals surface area contributed by atoms with E-state index >= 15 is 0 Å². The van der Waals surface area contributed by atoms with E-state index in [-0.39, 0.29) is 0 Å². The molecule has 0 aliphatic rings. The molecule has 5 nitrogen and oxygen atoms in total. The van der Waals surface area contributed by atoms with Crippen LogP contribution in [0.25, 0.3) is 0 Å². The highest BCUT2D eigenvalue weighted by molar-refractivity contribution is 4.51. The third kappa shape index (κ3) is 41.5. The zero-order valence-corrected chi connectivity index (χ0v) is 19.0. The van der Waals surface area contributed by atoms with E-state index < -0.39 is 10.2 Å². The average Bonchev–Trinajstić information content (AvgIpc) is 2.56. The summed E-state index contributed by atoms with van der Waals surface area (Å²) in [4.78, 5) is 2.30. The van der Waals surface area contributed by atoms with Crippen molar-refractivity contribution < 1.29 is 28.9 Å². The molecule has 0 spiro atoms. The molecule has 166 valence electrons. The first-order chi connectivity index (χ1) is 12.8. The molecule has 0 unspecified atom stereocenters. The van der Waals surface area contributed by atoms with Crippen molar-refractivity contribution in [2.24, 2.45) is 0 Å². The van der Waals surface area contributed by atoms with Crippen molar-refractivity contribution in [2.75, 3.05) is 20.6 Å². The van der Waals surface area contributed by atoms with Crippen LogP contribution in [0.5, 0.6) is 0 Å². The molecule has 0 atom stereocenters. The van der Waals surface area contributed by atoms with Gasteiger partial charge in [-0.05, 0) is 27.1 Å². The Morgan fingerprint density at radius 1 is 0.556 bits per heavy atom. The van der Waals surface area contributed by atoms with Gasteiger partial charge in [0.25, 0.3) is 0 Å². The van der Waals surface area contributed by atoms with Gasteiger partial charge >= 0.3 is 0 Å². The SMILES string of the molecule is CCCCCCCCCCCCCCCCCCCN(C)C.[O-][Cl+3]([O-])([O-])O. The molecule has 0 saturated heterocycles. The normalized spacial score (nSPS) is 11.6. The standard InChI is InChI=1S/C21H45N.ClHO4/c1-4-5-6-7-8-9-10-11-12-13-14-15-16-17-18-19-20-21-22(2)3;2-1(3,4)5/h4-21H2,1-3H3;(H,2,3,4,5). The zero-order chi connectivity index (χ0) is 20.8. The maximum atomic E-state index is 8.60. The first-order valence-corrected chi connectivity index (χ1v) is 12.3. The van der Waals surface area contributed by atoms with E-state index in [1.165, 1.54) is 116 Å². The number of hydrogen-bond donors (Lipinski definition) is 1. The van der Waals surface area contributed by atoms with Gasteiger partial charge in [-0.15, -0.1) is 0 Å². The molecule has 0 aromatic carbocycles. The topological polar surface area (TPSA) is 92.7 Å². The second-order valence-corrected chi connectivity index (χ2v) is 8.65. The summed E-state index contributed by atoms with van der Waals surface area (Å²) in [5.41, 5.74) is 0. The van der Waals surface area contributed by atoms with Crippen LogP contribution < -0.4 is 14.0 Å². The predicted octanol–water partition coefficient (Wildman–Crippen LogP) is 3.08. The third-order valence-electron chi connectivity index (χ3n) is 4.71. The minimum absolute atomic E-state index is 1.26. The summed E-state index contributed by atoms with van der Waals surface area (Å²) in [7, 11) is -0.348. The molecule has 27 heavy (non-hydrogen) atoms. The molecule has 0 heterocycles. The Morgan fingerprint density at radius 3 is 1.00 bits per heavy atom. The van der Waals surface area contributed by atoms with Crippen molar-refractivity contribution in [2.45, 2.75) is 116 Å². The van der Waals surface area contributed by atoms with Gasteiger partial charge in [-0.2, -0.15) is 14.0 Å². The minimum Gasteiger partial charge on any atom is -0.309 e. The molecule has 0 rings (SSSR count). The summed E-state index contributed by atoms with van der Waals surface area (Å²) in [5.74, 6) is 0. The Labute approximate surface area is 170 Å². The van der Waals surface area contributed by atoms with Crippen molar-refractivity contribution in [1.29, 1.82) is 0 Å². The lowest BCUT2D eigenvalue weighted by Crippen LogP contribution is -2.58. The maximum Gasteiger partial charge on any atom is 0.0777 e. The largest absolute Gasteiger partial charge is 0.309 e. The lowest BCUT2D eigenvalue weighted by Gasteiger charge is -2.08. The van der Waals surface area contributed by atoms with Gasteiger partial charge in [0.2, 0.25) is 0 Å².